The quantitative estimate of drug-likeness (QED) is 0.364. The number of methoxy groups -OCH3 is 2. The summed E-state index contributed by atoms with van der Waals surface area (Å²) >= 11 is 2.62. The number of benzene rings is 2. The van der Waals surface area contributed by atoms with E-state index in [9.17, 15) is 4.79 Å². The number of aryl methyl sites for hydroxylation is 1. The summed E-state index contributed by atoms with van der Waals surface area (Å²) in [6.07, 6.45) is 0. The summed E-state index contributed by atoms with van der Waals surface area (Å²) in [7, 11) is 3.18. The van der Waals surface area contributed by atoms with Gasteiger partial charge in [-0.1, -0.05) is 41.6 Å². The van der Waals surface area contributed by atoms with E-state index in [2.05, 4.69) is 25.5 Å². The number of anilines is 1. The second-order valence-corrected chi connectivity index (χ2v) is 8.58. The Bertz CT molecular complexity index is 1220. The maximum Gasteiger partial charge on any atom is 0.236 e. The lowest BCUT2D eigenvalue weighted by molar-refractivity contribution is -0.113. The molecule has 0 aliphatic heterocycles. The molecule has 1 amide bonds. The number of hydrogen-bond acceptors (Lipinski definition) is 8. The van der Waals surface area contributed by atoms with E-state index < -0.39 is 0 Å². The Morgan fingerprint density at radius 2 is 1.81 bits per heavy atom. The van der Waals surface area contributed by atoms with Gasteiger partial charge in [-0.3, -0.25) is 9.89 Å². The summed E-state index contributed by atoms with van der Waals surface area (Å²) < 4.78 is 10.6. The summed E-state index contributed by atoms with van der Waals surface area (Å²) in [4.78, 5) is 21.3. The van der Waals surface area contributed by atoms with Crippen LogP contribution in [0.3, 0.4) is 0 Å². The highest BCUT2D eigenvalue weighted by molar-refractivity contribution is 7.99. The van der Waals surface area contributed by atoms with E-state index in [0.717, 1.165) is 16.8 Å². The summed E-state index contributed by atoms with van der Waals surface area (Å²) in [5.41, 5.74) is 3.75. The van der Waals surface area contributed by atoms with Crippen LogP contribution in [-0.4, -0.2) is 46.0 Å². The molecule has 32 heavy (non-hydrogen) atoms. The van der Waals surface area contributed by atoms with Gasteiger partial charge in [0.15, 0.2) is 22.5 Å². The molecule has 0 unspecified atom stereocenters. The van der Waals surface area contributed by atoms with Gasteiger partial charge in [-0.05, 0) is 25.1 Å². The van der Waals surface area contributed by atoms with Crippen LogP contribution in [0.1, 0.15) is 5.56 Å². The molecule has 164 valence electrons. The Balaban J connectivity index is 1.34. The first-order valence-corrected chi connectivity index (χ1v) is 11.5. The van der Waals surface area contributed by atoms with E-state index in [0.29, 0.717) is 27.6 Å². The highest BCUT2D eigenvalue weighted by Crippen LogP contribution is 2.33. The smallest absolute Gasteiger partial charge is 0.236 e. The molecular formula is C22H21N5O3S2. The maximum absolute atomic E-state index is 12.4. The van der Waals surface area contributed by atoms with Crippen molar-refractivity contribution in [2.24, 2.45) is 0 Å². The fourth-order valence-corrected chi connectivity index (χ4v) is 4.23. The van der Waals surface area contributed by atoms with Crippen LogP contribution in [0.25, 0.3) is 22.6 Å². The average Bonchev–Trinajstić information content (AvgIpc) is 3.47. The molecule has 0 saturated carbocycles. The van der Waals surface area contributed by atoms with Crippen molar-refractivity contribution < 1.29 is 14.3 Å². The zero-order chi connectivity index (χ0) is 22.5. The Kier molecular flexibility index (Phi) is 6.72. The Labute approximate surface area is 193 Å². The molecule has 0 bridgehead atoms. The molecule has 8 nitrogen and oxygen atoms in total. The molecule has 0 aliphatic rings. The van der Waals surface area contributed by atoms with Gasteiger partial charge in [0, 0.05) is 16.5 Å². The predicted octanol–water partition coefficient (Wildman–Crippen LogP) is 4.65. The average molecular weight is 468 g/mol. The minimum absolute atomic E-state index is 0.176. The lowest BCUT2D eigenvalue weighted by atomic mass is 10.1. The van der Waals surface area contributed by atoms with Gasteiger partial charge < -0.3 is 14.8 Å². The third-order valence-corrected chi connectivity index (χ3v) is 6.16. The van der Waals surface area contributed by atoms with E-state index in [1.807, 2.05) is 54.8 Å². The molecule has 0 spiro atoms. The molecule has 0 fully saturated rings. The maximum atomic E-state index is 12.4. The summed E-state index contributed by atoms with van der Waals surface area (Å²) in [5, 5.41) is 12.8. The van der Waals surface area contributed by atoms with Crippen LogP contribution in [0.4, 0.5) is 5.13 Å². The van der Waals surface area contributed by atoms with Crippen LogP contribution < -0.4 is 14.8 Å². The van der Waals surface area contributed by atoms with Gasteiger partial charge in [0.2, 0.25) is 11.1 Å². The van der Waals surface area contributed by atoms with Crippen LogP contribution in [0.15, 0.2) is 53.0 Å². The summed E-state index contributed by atoms with van der Waals surface area (Å²) in [6, 6.07) is 13.6. The molecule has 0 radical (unpaired) electrons. The van der Waals surface area contributed by atoms with E-state index >= 15 is 0 Å². The number of thiazole rings is 1. The Morgan fingerprint density at radius 1 is 1.06 bits per heavy atom. The van der Waals surface area contributed by atoms with Crippen LogP contribution in [0.2, 0.25) is 0 Å². The van der Waals surface area contributed by atoms with Crippen molar-refractivity contribution in [3.8, 4) is 34.1 Å². The molecule has 0 aliphatic carbocycles. The number of carbonyl (C=O) groups is 1. The molecule has 10 heteroatoms. The lowest BCUT2D eigenvalue weighted by Gasteiger charge is -2.08. The zero-order valence-electron chi connectivity index (χ0n) is 17.7. The number of aromatic nitrogens is 4. The number of H-pyrrole nitrogens is 1. The number of carbonyl (C=O) groups excluding carboxylic acids is 1. The topological polar surface area (TPSA) is 102 Å². The predicted molar refractivity (Wildman–Crippen MR) is 127 cm³/mol. The fraction of sp³-hybridized carbons (Fsp3) is 0.182. The number of amides is 1. The van der Waals surface area contributed by atoms with Crippen molar-refractivity contribution in [2.45, 2.75) is 12.1 Å². The van der Waals surface area contributed by atoms with E-state index in [1.54, 1.807) is 14.2 Å². The van der Waals surface area contributed by atoms with Crippen molar-refractivity contribution in [2.75, 3.05) is 25.3 Å². The minimum atomic E-state index is -0.176. The van der Waals surface area contributed by atoms with Crippen molar-refractivity contribution in [1.29, 1.82) is 0 Å². The first-order valence-electron chi connectivity index (χ1n) is 9.65. The van der Waals surface area contributed by atoms with Gasteiger partial charge in [0.05, 0.1) is 25.7 Å². The molecule has 2 aromatic carbocycles. The second-order valence-electron chi connectivity index (χ2n) is 6.78. The van der Waals surface area contributed by atoms with Crippen LogP contribution in [-0.2, 0) is 4.79 Å². The number of aromatic amines is 1. The highest BCUT2D eigenvalue weighted by Gasteiger charge is 2.13. The Hall–Kier alpha value is -3.37. The van der Waals surface area contributed by atoms with Crippen molar-refractivity contribution in [3.63, 3.8) is 0 Å². The van der Waals surface area contributed by atoms with E-state index in [4.69, 9.17) is 9.47 Å². The zero-order valence-corrected chi connectivity index (χ0v) is 19.3. The monoisotopic (exact) mass is 467 g/mol. The van der Waals surface area contributed by atoms with Gasteiger partial charge in [0.1, 0.15) is 0 Å². The number of rotatable bonds is 8. The van der Waals surface area contributed by atoms with Gasteiger partial charge >= 0.3 is 0 Å². The van der Waals surface area contributed by atoms with Crippen molar-refractivity contribution in [1.82, 2.24) is 20.2 Å². The molecule has 0 saturated heterocycles. The van der Waals surface area contributed by atoms with E-state index in [-0.39, 0.29) is 11.7 Å². The SMILES string of the molecule is COc1ccc(-c2csc(NC(=O)CSc3n[nH]c(-c4ccc(C)cc4)n3)n2)cc1OC. The first kappa shape index (κ1) is 21.8. The molecule has 2 aromatic heterocycles. The highest BCUT2D eigenvalue weighted by atomic mass is 32.2. The summed E-state index contributed by atoms with van der Waals surface area (Å²) in [5.74, 6) is 1.94. The standard InChI is InChI=1S/C22H21N5O3S2/c1-13-4-6-14(7-5-13)20-25-22(27-26-20)32-12-19(28)24-21-23-16(11-31-21)15-8-9-17(29-2)18(10-15)30-3/h4-11H,12H2,1-3H3,(H,23,24,28)(H,25,26,27). The Morgan fingerprint density at radius 3 is 2.56 bits per heavy atom. The van der Waals surface area contributed by atoms with Crippen LogP contribution in [0.5, 0.6) is 11.5 Å². The third kappa shape index (κ3) is 5.09. The molecule has 2 heterocycles. The normalized spacial score (nSPS) is 10.7. The van der Waals surface area contributed by atoms with Crippen molar-refractivity contribution in [3.05, 3.63) is 53.4 Å². The van der Waals surface area contributed by atoms with Crippen LogP contribution in [0, 0.1) is 6.92 Å². The fourth-order valence-electron chi connectivity index (χ4n) is 2.90. The van der Waals surface area contributed by atoms with Gasteiger partial charge in [0.25, 0.3) is 0 Å². The number of ether oxygens (including phenoxy) is 2. The lowest BCUT2D eigenvalue weighted by Crippen LogP contribution is -2.13. The first-order chi connectivity index (χ1) is 15.6. The van der Waals surface area contributed by atoms with E-state index in [1.165, 1.54) is 28.7 Å². The van der Waals surface area contributed by atoms with Crippen LogP contribution >= 0.6 is 23.1 Å². The number of nitrogens with one attached hydrogen (secondary N) is 2. The number of thioether (sulfide) groups is 1. The molecule has 4 aromatic rings. The van der Waals surface area contributed by atoms with Crippen molar-refractivity contribution >= 4 is 34.1 Å². The molecule has 0 atom stereocenters. The van der Waals surface area contributed by atoms with Gasteiger partial charge in [-0.2, -0.15) is 0 Å². The largest absolute Gasteiger partial charge is 0.493 e. The number of hydrogen-bond donors (Lipinski definition) is 2. The van der Waals surface area contributed by atoms with Gasteiger partial charge in [-0.15, -0.1) is 16.4 Å². The number of nitrogens with zero attached hydrogens (tertiary/aromatic N) is 3. The minimum Gasteiger partial charge on any atom is -0.493 e. The van der Waals surface area contributed by atoms with Gasteiger partial charge in [-0.25, -0.2) is 9.97 Å². The molecule has 2 N–H and O–H groups in total. The second kappa shape index (κ2) is 9.84. The molecular weight excluding hydrogens is 446 g/mol. The third-order valence-electron chi connectivity index (χ3n) is 4.55. The molecule has 4 rings (SSSR count). The summed E-state index contributed by atoms with van der Waals surface area (Å²) in [6.45, 7) is 2.03.